The number of halogens is 1. The van der Waals surface area contributed by atoms with Gasteiger partial charge < -0.3 is 10.1 Å². The molecule has 1 N–H and O–H groups in total. The zero-order chi connectivity index (χ0) is 19.6. The quantitative estimate of drug-likeness (QED) is 0.686. The molecule has 0 spiro atoms. The number of rotatable bonds is 4. The second-order valence-corrected chi connectivity index (χ2v) is 6.52. The van der Waals surface area contributed by atoms with Crippen LogP contribution in [0, 0.1) is 13.8 Å². The first kappa shape index (κ1) is 18.8. The van der Waals surface area contributed by atoms with Crippen molar-refractivity contribution in [2.24, 2.45) is 0 Å². The van der Waals surface area contributed by atoms with Crippen molar-refractivity contribution in [3.05, 3.63) is 64.4 Å². The summed E-state index contributed by atoms with van der Waals surface area (Å²) < 4.78 is 5.27. The Bertz CT molecular complexity index is 1040. The van der Waals surface area contributed by atoms with Crippen LogP contribution in [0.1, 0.15) is 28.7 Å². The molecule has 0 fully saturated rings. The van der Waals surface area contributed by atoms with Crippen molar-refractivity contribution < 1.29 is 14.3 Å². The van der Waals surface area contributed by atoms with Gasteiger partial charge in [-0.1, -0.05) is 23.7 Å². The van der Waals surface area contributed by atoms with Gasteiger partial charge in [0.1, 0.15) is 0 Å². The molecule has 0 radical (unpaired) electrons. The molecule has 1 aromatic heterocycles. The zero-order valence-corrected chi connectivity index (χ0v) is 15.9. The average molecular weight is 384 g/mol. The Morgan fingerprint density at radius 1 is 1.04 bits per heavy atom. The molecule has 0 unspecified atom stereocenters. The molecule has 1 heterocycles. The number of fused-ring (bicyclic) bond motifs is 1. The molecule has 0 aliphatic carbocycles. The molecule has 0 aliphatic rings. The molecule has 0 saturated carbocycles. The number of amides is 1. The molecule has 27 heavy (non-hydrogen) atoms. The van der Waals surface area contributed by atoms with Gasteiger partial charge in [0.15, 0.2) is 6.10 Å². The van der Waals surface area contributed by atoms with E-state index in [9.17, 15) is 9.59 Å². The highest BCUT2D eigenvalue weighted by Gasteiger charge is 2.20. The summed E-state index contributed by atoms with van der Waals surface area (Å²) >= 11 is 6.02. The van der Waals surface area contributed by atoms with E-state index in [1.165, 1.54) is 6.92 Å². The van der Waals surface area contributed by atoms with E-state index in [1.807, 2.05) is 13.8 Å². The van der Waals surface area contributed by atoms with E-state index in [0.29, 0.717) is 27.3 Å². The van der Waals surface area contributed by atoms with Gasteiger partial charge in [-0.15, -0.1) is 0 Å². The molecule has 7 heteroatoms. The molecule has 3 aromatic rings. The lowest BCUT2D eigenvalue weighted by Crippen LogP contribution is -2.30. The monoisotopic (exact) mass is 383 g/mol. The smallest absolute Gasteiger partial charge is 0.338 e. The first-order valence-electron chi connectivity index (χ1n) is 8.36. The van der Waals surface area contributed by atoms with Gasteiger partial charge >= 0.3 is 5.97 Å². The number of anilines is 1. The Morgan fingerprint density at radius 3 is 2.41 bits per heavy atom. The van der Waals surface area contributed by atoms with E-state index in [1.54, 1.807) is 42.5 Å². The summed E-state index contributed by atoms with van der Waals surface area (Å²) in [6.45, 7) is 5.23. The highest BCUT2D eigenvalue weighted by atomic mass is 35.5. The molecular formula is C20H18ClN3O3. The number of aryl methyl sites for hydroxylation is 2. The third kappa shape index (κ3) is 4.23. The van der Waals surface area contributed by atoms with Crippen LogP contribution in [0.25, 0.3) is 11.0 Å². The van der Waals surface area contributed by atoms with Crippen LogP contribution in [0.5, 0.6) is 0 Å². The summed E-state index contributed by atoms with van der Waals surface area (Å²) in [5, 5.41) is 3.05. The van der Waals surface area contributed by atoms with Crippen molar-refractivity contribution in [2.75, 3.05) is 5.32 Å². The summed E-state index contributed by atoms with van der Waals surface area (Å²) in [6, 6.07) is 11.8. The lowest BCUT2D eigenvalue weighted by molar-refractivity contribution is -0.123. The maximum Gasteiger partial charge on any atom is 0.338 e. The predicted molar refractivity (Wildman–Crippen MR) is 104 cm³/mol. The van der Waals surface area contributed by atoms with E-state index in [4.69, 9.17) is 16.3 Å². The van der Waals surface area contributed by atoms with Crippen molar-refractivity contribution >= 4 is 40.2 Å². The standard InChI is InChI=1S/C20H18ClN3O3/c1-11-12(2)23-18-10-14(8-9-17(18)22-11)20(26)27-13(3)19(25)24-16-7-5-4-6-15(16)21/h4-10,13H,1-3H3,(H,24,25)/t13-/m0/s1. The van der Waals surface area contributed by atoms with Gasteiger partial charge in [-0.25, -0.2) is 14.8 Å². The Morgan fingerprint density at radius 2 is 1.70 bits per heavy atom. The number of para-hydroxylation sites is 1. The maximum absolute atomic E-state index is 12.4. The first-order valence-corrected chi connectivity index (χ1v) is 8.74. The van der Waals surface area contributed by atoms with Gasteiger partial charge in [-0.2, -0.15) is 0 Å². The molecule has 6 nitrogen and oxygen atoms in total. The van der Waals surface area contributed by atoms with Gasteiger partial charge in [0, 0.05) is 0 Å². The Hall–Kier alpha value is -2.99. The first-order chi connectivity index (χ1) is 12.8. The number of ether oxygens (including phenoxy) is 1. The second-order valence-electron chi connectivity index (χ2n) is 6.11. The summed E-state index contributed by atoms with van der Waals surface area (Å²) in [5.41, 5.74) is 3.68. The van der Waals surface area contributed by atoms with Crippen LogP contribution in [0.15, 0.2) is 42.5 Å². The SMILES string of the molecule is Cc1nc2ccc(C(=O)O[C@@H](C)C(=O)Nc3ccccc3Cl)cc2nc1C. The van der Waals surface area contributed by atoms with E-state index < -0.39 is 18.0 Å². The van der Waals surface area contributed by atoms with Crippen molar-refractivity contribution in [3.63, 3.8) is 0 Å². The van der Waals surface area contributed by atoms with Crippen molar-refractivity contribution in [2.45, 2.75) is 26.9 Å². The second kappa shape index (κ2) is 7.72. The minimum atomic E-state index is -0.990. The van der Waals surface area contributed by atoms with Crippen molar-refractivity contribution in [1.29, 1.82) is 0 Å². The van der Waals surface area contributed by atoms with Gasteiger partial charge in [0.2, 0.25) is 0 Å². The number of carbonyl (C=O) groups is 2. The predicted octanol–water partition coefficient (Wildman–Crippen LogP) is 4.08. The molecule has 1 atom stereocenters. The largest absolute Gasteiger partial charge is 0.449 e. The van der Waals surface area contributed by atoms with E-state index in [2.05, 4.69) is 15.3 Å². The van der Waals surface area contributed by atoms with E-state index in [-0.39, 0.29) is 0 Å². The number of nitrogens with one attached hydrogen (secondary N) is 1. The van der Waals surface area contributed by atoms with Crippen LogP contribution in [0.2, 0.25) is 5.02 Å². The minimum Gasteiger partial charge on any atom is -0.449 e. The number of nitrogens with zero attached hydrogens (tertiary/aromatic N) is 2. The van der Waals surface area contributed by atoms with E-state index >= 15 is 0 Å². The van der Waals surface area contributed by atoms with Crippen LogP contribution in [-0.2, 0) is 9.53 Å². The van der Waals surface area contributed by atoms with Gasteiger partial charge in [-0.05, 0) is 51.1 Å². The Kier molecular flexibility index (Phi) is 5.37. The number of carbonyl (C=O) groups excluding carboxylic acids is 2. The van der Waals surface area contributed by atoms with Crippen molar-refractivity contribution in [1.82, 2.24) is 9.97 Å². The number of hydrogen-bond donors (Lipinski definition) is 1. The van der Waals surface area contributed by atoms with Crippen LogP contribution < -0.4 is 5.32 Å². The van der Waals surface area contributed by atoms with Gasteiger partial charge in [0.25, 0.3) is 5.91 Å². The summed E-state index contributed by atoms with van der Waals surface area (Å²) in [6.07, 6.45) is -0.990. The number of esters is 1. The highest BCUT2D eigenvalue weighted by molar-refractivity contribution is 6.33. The summed E-state index contributed by atoms with van der Waals surface area (Å²) in [4.78, 5) is 33.5. The van der Waals surface area contributed by atoms with Crippen LogP contribution in [0.3, 0.4) is 0 Å². The number of benzene rings is 2. The molecule has 0 saturated heterocycles. The summed E-state index contributed by atoms with van der Waals surface area (Å²) in [7, 11) is 0. The third-order valence-corrected chi connectivity index (χ3v) is 4.43. The fraction of sp³-hybridized carbons (Fsp3) is 0.200. The molecule has 0 aliphatic heterocycles. The lowest BCUT2D eigenvalue weighted by atomic mass is 10.2. The molecule has 0 bridgehead atoms. The fourth-order valence-electron chi connectivity index (χ4n) is 2.44. The van der Waals surface area contributed by atoms with Crippen LogP contribution in [0.4, 0.5) is 5.69 Å². The van der Waals surface area contributed by atoms with Crippen molar-refractivity contribution in [3.8, 4) is 0 Å². The molecule has 3 rings (SSSR count). The summed E-state index contributed by atoms with van der Waals surface area (Å²) in [5.74, 6) is -1.08. The number of hydrogen-bond acceptors (Lipinski definition) is 5. The minimum absolute atomic E-state index is 0.303. The normalized spacial score (nSPS) is 11.9. The Balaban J connectivity index is 1.72. The molecule has 1 amide bonds. The zero-order valence-electron chi connectivity index (χ0n) is 15.1. The third-order valence-electron chi connectivity index (χ3n) is 4.10. The van der Waals surface area contributed by atoms with Crippen LogP contribution in [-0.4, -0.2) is 27.9 Å². The molecule has 138 valence electrons. The number of aromatic nitrogens is 2. The van der Waals surface area contributed by atoms with Gasteiger partial charge in [-0.3, -0.25) is 4.79 Å². The lowest BCUT2D eigenvalue weighted by Gasteiger charge is -2.14. The maximum atomic E-state index is 12.4. The van der Waals surface area contributed by atoms with Crippen LogP contribution >= 0.6 is 11.6 Å². The highest BCUT2D eigenvalue weighted by Crippen LogP contribution is 2.21. The topological polar surface area (TPSA) is 81.2 Å². The average Bonchev–Trinajstić information content (AvgIpc) is 2.64. The molecule has 2 aromatic carbocycles. The molecular weight excluding hydrogens is 366 g/mol. The Labute approximate surface area is 161 Å². The fourth-order valence-corrected chi connectivity index (χ4v) is 2.62. The van der Waals surface area contributed by atoms with Gasteiger partial charge in [0.05, 0.1) is 38.7 Å². The van der Waals surface area contributed by atoms with E-state index in [0.717, 1.165) is 11.4 Å².